The lowest BCUT2D eigenvalue weighted by Gasteiger charge is -2.08. The summed E-state index contributed by atoms with van der Waals surface area (Å²) in [7, 11) is 0. The van der Waals surface area contributed by atoms with Crippen LogP contribution in [0.1, 0.15) is 30.6 Å². The quantitative estimate of drug-likeness (QED) is 0.741. The molecule has 5 heteroatoms. The minimum Gasteiger partial charge on any atom is -0.507 e. The van der Waals surface area contributed by atoms with Gasteiger partial charge in [0.15, 0.2) is 0 Å². The highest BCUT2D eigenvalue weighted by Crippen LogP contribution is 2.21. The smallest absolute Gasteiger partial charge is 0.255 e. The standard InChI is InChI=1S/C12H16N2O3/c1-3-6-13-12(17)10-5-4-9(7-11(10)16)14-8(2)15/h4-5,7,16H,3,6H2,1-2H3,(H,13,17)(H,14,15). The van der Waals surface area contributed by atoms with Crippen molar-refractivity contribution >= 4 is 17.5 Å². The number of carbonyl (C=O) groups is 2. The Balaban J connectivity index is 2.82. The van der Waals surface area contributed by atoms with Crippen LogP contribution in [0.3, 0.4) is 0 Å². The number of hydrogen-bond acceptors (Lipinski definition) is 3. The molecule has 2 amide bonds. The van der Waals surface area contributed by atoms with Crippen LogP contribution in [-0.2, 0) is 4.79 Å². The maximum Gasteiger partial charge on any atom is 0.255 e. The van der Waals surface area contributed by atoms with E-state index in [0.29, 0.717) is 12.2 Å². The normalized spacial score (nSPS) is 9.76. The number of aromatic hydroxyl groups is 1. The zero-order valence-electron chi connectivity index (χ0n) is 9.91. The predicted molar refractivity (Wildman–Crippen MR) is 65.0 cm³/mol. The van der Waals surface area contributed by atoms with Gasteiger partial charge in [0.05, 0.1) is 5.56 Å². The third kappa shape index (κ3) is 3.79. The maximum atomic E-state index is 11.6. The number of hydrogen-bond donors (Lipinski definition) is 3. The van der Waals surface area contributed by atoms with Gasteiger partial charge in [-0.25, -0.2) is 0 Å². The molecule has 0 fully saturated rings. The summed E-state index contributed by atoms with van der Waals surface area (Å²) in [5.74, 6) is -0.698. The molecule has 17 heavy (non-hydrogen) atoms. The second-order valence-electron chi connectivity index (χ2n) is 3.67. The third-order valence-corrected chi connectivity index (χ3v) is 2.10. The molecule has 92 valence electrons. The minimum atomic E-state index is -0.321. The monoisotopic (exact) mass is 236 g/mol. The minimum absolute atomic E-state index is 0.148. The Morgan fingerprint density at radius 1 is 1.35 bits per heavy atom. The zero-order chi connectivity index (χ0) is 12.8. The molecule has 0 radical (unpaired) electrons. The number of carbonyl (C=O) groups excluding carboxylic acids is 2. The average Bonchev–Trinajstić information content (AvgIpc) is 2.25. The Bertz CT molecular complexity index is 430. The summed E-state index contributed by atoms with van der Waals surface area (Å²) in [5, 5.41) is 14.8. The fourth-order valence-electron chi connectivity index (χ4n) is 1.34. The summed E-state index contributed by atoms with van der Waals surface area (Å²) in [6, 6.07) is 4.40. The molecule has 0 aliphatic carbocycles. The SMILES string of the molecule is CCCNC(=O)c1ccc(NC(C)=O)cc1O. The molecule has 0 saturated carbocycles. The van der Waals surface area contributed by atoms with Crippen molar-refractivity contribution < 1.29 is 14.7 Å². The van der Waals surface area contributed by atoms with Crippen LogP contribution in [-0.4, -0.2) is 23.5 Å². The highest BCUT2D eigenvalue weighted by atomic mass is 16.3. The molecule has 0 heterocycles. The lowest BCUT2D eigenvalue weighted by molar-refractivity contribution is -0.114. The summed E-state index contributed by atoms with van der Waals surface area (Å²) in [6.07, 6.45) is 0.830. The first-order chi connectivity index (χ1) is 8.04. The molecule has 0 aliphatic rings. The molecule has 3 N–H and O–H groups in total. The van der Waals surface area contributed by atoms with Crippen LogP contribution in [0.15, 0.2) is 18.2 Å². The lowest BCUT2D eigenvalue weighted by atomic mass is 10.1. The Kier molecular flexibility index (Phi) is 4.51. The van der Waals surface area contributed by atoms with Crippen molar-refractivity contribution in [3.05, 3.63) is 23.8 Å². The summed E-state index contributed by atoms with van der Waals surface area (Å²) in [5.41, 5.74) is 0.662. The predicted octanol–water partition coefficient (Wildman–Crippen LogP) is 1.49. The molecule has 1 aromatic rings. The fraction of sp³-hybridized carbons (Fsp3) is 0.333. The van der Waals surface area contributed by atoms with Gasteiger partial charge in [-0.15, -0.1) is 0 Å². The van der Waals surface area contributed by atoms with E-state index < -0.39 is 0 Å². The van der Waals surface area contributed by atoms with Gasteiger partial charge in [0.25, 0.3) is 5.91 Å². The van der Waals surface area contributed by atoms with E-state index in [0.717, 1.165) is 6.42 Å². The van der Waals surface area contributed by atoms with Gasteiger partial charge in [0.1, 0.15) is 5.75 Å². The molecular weight excluding hydrogens is 220 g/mol. The van der Waals surface area contributed by atoms with E-state index in [1.165, 1.54) is 19.1 Å². The summed E-state index contributed by atoms with van der Waals surface area (Å²) in [4.78, 5) is 22.4. The number of anilines is 1. The molecule has 0 spiro atoms. The van der Waals surface area contributed by atoms with Gasteiger partial charge in [0, 0.05) is 25.2 Å². The van der Waals surface area contributed by atoms with Gasteiger partial charge in [-0.3, -0.25) is 9.59 Å². The van der Waals surface area contributed by atoms with Crippen LogP contribution < -0.4 is 10.6 Å². The number of amides is 2. The van der Waals surface area contributed by atoms with Crippen LogP contribution in [0.25, 0.3) is 0 Å². The van der Waals surface area contributed by atoms with Crippen molar-refractivity contribution in [2.45, 2.75) is 20.3 Å². The van der Waals surface area contributed by atoms with Crippen molar-refractivity contribution in [3.63, 3.8) is 0 Å². The summed E-state index contributed by atoms with van der Waals surface area (Å²) >= 11 is 0. The van der Waals surface area contributed by atoms with Crippen LogP contribution >= 0.6 is 0 Å². The molecule has 0 saturated heterocycles. The van der Waals surface area contributed by atoms with Gasteiger partial charge < -0.3 is 15.7 Å². The summed E-state index contributed by atoms with van der Waals surface area (Å²) < 4.78 is 0. The molecular formula is C12H16N2O3. The van der Waals surface area contributed by atoms with Crippen molar-refractivity contribution in [2.24, 2.45) is 0 Å². The Morgan fingerprint density at radius 3 is 2.59 bits per heavy atom. The number of phenols is 1. The van der Waals surface area contributed by atoms with E-state index in [9.17, 15) is 14.7 Å². The fourth-order valence-corrected chi connectivity index (χ4v) is 1.34. The first-order valence-electron chi connectivity index (χ1n) is 5.43. The molecule has 1 aromatic carbocycles. The van der Waals surface area contributed by atoms with Crippen molar-refractivity contribution in [1.82, 2.24) is 5.32 Å². The van der Waals surface area contributed by atoms with Gasteiger partial charge in [0.2, 0.25) is 5.91 Å². The topological polar surface area (TPSA) is 78.4 Å². The second-order valence-corrected chi connectivity index (χ2v) is 3.67. The number of rotatable bonds is 4. The third-order valence-electron chi connectivity index (χ3n) is 2.10. The van der Waals surface area contributed by atoms with Gasteiger partial charge in [-0.05, 0) is 18.6 Å². The van der Waals surface area contributed by atoms with E-state index in [1.54, 1.807) is 6.07 Å². The van der Waals surface area contributed by atoms with E-state index in [4.69, 9.17) is 0 Å². The Morgan fingerprint density at radius 2 is 2.06 bits per heavy atom. The molecule has 0 bridgehead atoms. The zero-order valence-corrected chi connectivity index (χ0v) is 9.91. The highest BCUT2D eigenvalue weighted by Gasteiger charge is 2.10. The average molecular weight is 236 g/mol. The van der Waals surface area contributed by atoms with Crippen molar-refractivity contribution in [1.29, 1.82) is 0 Å². The van der Waals surface area contributed by atoms with E-state index in [-0.39, 0.29) is 23.1 Å². The van der Waals surface area contributed by atoms with Crippen molar-refractivity contribution in [3.8, 4) is 5.75 Å². The molecule has 5 nitrogen and oxygen atoms in total. The van der Waals surface area contributed by atoms with E-state index in [1.807, 2.05) is 6.92 Å². The number of phenolic OH excluding ortho intramolecular Hbond substituents is 1. The highest BCUT2D eigenvalue weighted by molar-refractivity contribution is 5.98. The molecule has 0 unspecified atom stereocenters. The van der Waals surface area contributed by atoms with E-state index in [2.05, 4.69) is 10.6 Å². The van der Waals surface area contributed by atoms with Crippen molar-refractivity contribution in [2.75, 3.05) is 11.9 Å². The van der Waals surface area contributed by atoms with Crippen LogP contribution in [0.2, 0.25) is 0 Å². The molecule has 1 rings (SSSR count). The van der Waals surface area contributed by atoms with Crippen LogP contribution in [0.4, 0.5) is 5.69 Å². The first-order valence-corrected chi connectivity index (χ1v) is 5.43. The van der Waals surface area contributed by atoms with Crippen LogP contribution in [0, 0.1) is 0 Å². The Labute approximate surface area is 99.8 Å². The lowest BCUT2D eigenvalue weighted by Crippen LogP contribution is -2.24. The molecule has 0 aliphatic heterocycles. The maximum absolute atomic E-state index is 11.6. The first kappa shape index (κ1) is 13.0. The largest absolute Gasteiger partial charge is 0.507 e. The Hall–Kier alpha value is -2.04. The van der Waals surface area contributed by atoms with Gasteiger partial charge in [-0.2, -0.15) is 0 Å². The van der Waals surface area contributed by atoms with Gasteiger partial charge >= 0.3 is 0 Å². The van der Waals surface area contributed by atoms with E-state index >= 15 is 0 Å². The van der Waals surface area contributed by atoms with Crippen LogP contribution in [0.5, 0.6) is 5.75 Å². The second kappa shape index (κ2) is 5.89. The molecule has 0 atom stereocenters. The number of benzene rings is 1. The summed E-state index contributed by atoms with van der Waals surface area (Å²) in [6.45, 7) is 3.88. The van der Waals surface area contributed by atoms with Gasteiger partial charge in [-0.1, -0.05) is 6.92 Å². The number of nitrogens with one attached hydrogen (secondary N) is 2. The molecule has 0 aromatic heterocycles.